The minimum absolute atomic E-state index is 0.0658. The Balaban J connectivity index is 1.81. The maximum atomic E-state index is 5.68. The van der Waals surface area contributed by atoms with E-state index < -0.39 is 0 Å². The third-order valence-corrected chi connectivity index (χ3v) is 2.65. The lowest BCUT2D eigenvalue weighted by Crippen LogP contribution is -2.22. The zero-order valence-electron chi connectivity index (χ0n) is 11.0. The van der Waals surface area contributed by atoms with E-state index in [1.165, 1.54) is 25.7 Å². The molecule has 0 heterocycles. The molecule has 0 spiro atoms. The number of hydrogen-bond acceptors (Lipinski definition) is 3. The van der Waals surface area contributed by atoms with Crippen LogP contribution < -0.4 is 0 Å². The normalized spacial score (nSPS) is 18.2. The Bertz CT molecular complexity index is 169. The molecule has 1 aliphatic carbocycles. The Morgan fingerprint density at radius 1 is 0.938 bits per heavy atom. The van der Waals surface area contributed by atoms with Crippen LogP contribution >= 0.6 is 0 Å². The van der Waals surface area contributed by atoms with Gasteiger partial charge in [0.25, 0.3) is 0 Å². The lowest BCUT2D eigenvalue weighted by Gasteiger charge is -2.19. The summed E-state index contributed by atoms with van der Waals surface area (Å²) in [6, 6.07) is 0. The minimum Gasteiger partial charge on any atom is -0.377 e. The monoisotopic (exact) mass is 230 g/mol. The first-order valence-corrected chi connectivity index (χ1v) is 6.41. The zero-order chi connectivity index (χ0) is 11.9. The lowest BCUT2D eigenvalue weighted by molar-refractivity contribution is -0.0481. The van der Waals surface area contributed by atoms with E-state index in [0.29, 0.717) is 25.9 Å². The second kappa shape index (κ2) is 7.25. The average molecular weight is 230 g/mol. The molecule has 0 saturated heterocycles. The van der Waals surface area contributed by atoms with Crippen molar-refractivity contribution in [1.29, 1.82) is 0 Å². The predicted octanol–water partition coefficient (Wildman–Crippen LogP) is 2.78. The highest BCUT2D eigenvalue weighted by atomic mass is 16.6. The molecule has 0 aromatic rings. The molecule has 0 radical (unpaired) electrons. The maximum absolute atomic E-state index is 5.68. The van der Waals surface area contributed by atoms with Gasteiger partial charge in [0.15, 0.2) is 0 Å². The van der Waals surface area contributed by atoms with Crippen molar-refractivity contribution in [3.05, 3.63) is 0 Å². The van der Waals surface area contributed by atoms with Gasteiger partial charge < -0.3 is 14.2 Å². The average Bonchev–Trinajstić information content (AvgIpc) is 2.67. The lowest BCUT2D eigenvalue weighted by atomic mass is 10.2. The third kappa shape index (κ3) is 7.20. The molecule has 3 nitrogen and oxygen atoms in total. The fourth-order valence-electron chi connectivity index (χ4n) is 1.84. The van der Waals surface area contributed by atoms with Crippen LogP contribution in [-0.2, 0) is 14.2 Å². The van der Waals surface area contributed by atoms with Gasteiger partial charge >= 0.3 is 0 Å². The first-order valence-electron chi connectivity index (χ1n) is 6.41. The standard InChI is InChI=1S/C13H26O3/c1-13(2,3)16-11-9-14-8-10-15-12-6-4-5-7-12/h12H,4-11H2,1-3H3. The van der Waals surface area contributed by atoms with E-state index in [-0.39, 0.29) is 5.60 Å². The van der Waals surface area contributed by atoms with Crippen LogP contribution in [0.2, 0.25) is 0 Å². The summed E-state index contributed by atoms with van der Waals surface area (Å²) in [6.07, 6.45) is 5.60. The summed E-state index contributed by atoms with van der Waals surface area (Å²) in [5.41, 5.74) is -0.0658. The molecule has 0 aromatic carbocycles. The van der Waals surface area contributed by atoms with Crippen LogP contribution in [0.1, 0.15) is 46.5 Å². The Morgan fingerprint density at radius 3 is 2.19 bits per heavy atom. The van der Waals surface area contributed by atoms with E-state index in [2.05, 4.69) is 20.8 Å². The highest BCUT2D eigenvalue weighted by Gasteiger charge is 2.14. The van der Waals surface area contributed by atoms with E-state index in [0.717, 1.165) is 6.61 Å². The Kier molecular flexibility index (Phi) is 6.32. The number of hydrogen-bond donors (Lipinski definition) is 0. The van der Waals surface area contributed by atoms with E-state index in [4.69, 9.17) is 14.2 Å². The van der Waals surface area contributed by atoms with Crippen molar-refractivity contribution in [2.24, 2.45) is 0 Å². The van der Waals surface area contributed by atoms with Crippen LogP contribution in [-0.4, -0.2) is 38.1 Å². The van der Waals surface area contributed by atoms with Crippen molar-refractivity contribution >= 4 is 0 Å². The van der Waals surface area contributed by atoms with Crippen molar-refractivity contribution in [3.8, 4) is 0 Å². The van der Waals surface area contributed by atoms with Crippen LogP contribution in [0.3, 0.4) is 0 Å². The second-order valence-corrected chi connectivity index (χ2v) is 5.35. The highest BCUT2D eigenvalue weighted by Crippen LogP contribution is 2.20. The largest absolute Gasteiger partial charge is 0.377 e. The van der Waals surface area contributed by atoms with Gasteiger partial charge in [-0.1, -0.05) is 12.8 Å². The van der Waals surface area contributed by atoms with Crippen molar-refractivity contribution in [2.75, 3.05) is 26.4 Å². The van der Waals surface area contributed by atoms with Gasteiger partial charge in [-0.05, 0) is 33.6 Å². The summed E-state index contributed by atoms with van der Waals surface area (Å²) < 4.78 is 16.7. The molecule has 1 saturated carbocycles. The molecule has 1 rings (SSSR count). The van der Waals surface area contributed by atoms with Gasteiger partial charge in [0.05, 0.1) is 38.1 Å². The molecule has 96 valence electrons. The van der Waals surface area contributed by atoms with Gasteiger partial charge in [-0.25, -0.2) is 0 Å². The van der Waals surface area contributed by atoms with Crippen LogP contribution in [0.25, 0.3) is 0 Å². The van der Waals surface area contributed by atoms with Crippen molar-refractivity contribution in [2.45, 2.75) is 58.2 Å². The van der Waals surface area contributed by atoms with Crippen LogP contribution in [0.15, 0.2) is 0 Å². The van der Waals surface area contributed by atoms with E-state index >= 15 is 0 Å². The summed E-state index contributed by atoms with van der Waals surface area (Å²) in [5, 5.41) is 0. The molecule has 3 heteroatoms. The molecule has 0 unspecified atom stereocenters. The Hall–Kier alpha value is -0.120. The summed E-state index contributed by atoms with van der Waals surface area (Å²) in [7, 11) is 0. The summed E-state index contributed by atoms with van der Waals surface area (Å²) >= 11 is 0. The molecule has 0 aromatic heterocycles. The summed E-state index contributed by atoms with van der Waals surface area (Å²) in [4.78, 5) is 0. The van der Waals surface area contributed by atoms with E-state index in [1.807, 2.05) is 0 Å². The highest BCUT2D eigenvalue weighted by molar-refractivity contribution is 4.66. The minimum atomic E-state index is -0.0658. The molecule has 16 heavy (non-hydrogen) atoms. The number of rotatable bonds is 7. The van der Waals surface area contributed by atoms with Crippen LogP contribution in [0.4, 0.5) is 0 Å². The topological polar surface area (TPSA) is 27.7 Å². The summed E-state index contributed by atoms with van der Waals surface area (Å²) in [5.74, 6) is 0. The Labute approximate surface area is 99.5 Å². The van der Waals surface area contributed by atoms with Crippen LogP contribution in [0.5, 0.6) is 0 Å². The molecule has 0 atom stereocenters. The van der Waals surface area contributed by atoms with E-state index in [9.17, 15) is 0 Å². The van der Waals surface area contributed by atoms with Crippen molar-refractivity contribution < 1.29 is 14.2 Å². The smallest absolute Gasteiger partial charge is 0.0707 e. The quantitative estimate of drug-likeness (QED) is 0.629. The molecular weight excluding hydrogens is 204 g/mol. The van der Waals surface area contributed by atoms with Gasteiger partial charge in [0.1, 0.15) is 0 Å². The molecular formula is C13H26O3. The SMILES string of the molecule is CC(C)(C)OCCOCCOC1CCCC1. The zero-order valence-corrected chi connectivity index (χ0v) is 11.0. The molecule has 0 aliphatic heterocycles. The molecule has 0 N–H and O–H groups in total. The van der Waals surface area contributed by atoms with E-state index in [1.54, 1.807) is 0 Å². The first-order chi connectivity index (χ1) is 7.58. The molecule has 1 aliphatic rings. The summed E-state index contributed by atoms with van der Waals surface area (Å²) in [6.45, 7) is 8.88. The number of ether oxygens (including phenoxy) is 3. The third-order valence-electron chi connectivity index (χ3n) is 2.65. The second-order valence-electron chi connectivity index (χ2n) is 5.35. The van der Waals surface area contributed by atoms with Gasteiger partial charge in [-0.15, -0.1) is 0 Å². The van der Waals surface area contributed by atoms with Crippen LogP contribution in [0, 0.1) is 0 Å². The van der Waals surface area contributed by atoms with Crippen molar-refractivity contribution in [1.82, 2.24) is 0 Å². The van der Waals surface area contributed by atoms with Gasteiger partial charge in [0.2, 0.25) is 0 Å². The van der Waals surface area contributed by atoms with Crippen molar-refractivity contribution in [3.63, 3.8) is 0 Å². The molecule has 0 amide bonds. The first kappa shape index (κ1) is 13.9. The van der Waals surface area contributed by atoms with Gasteiger partial charge in [-0.2, -0.15) is 0 Å². The fourth-order valence-corrected chi connectivity index (χ4v) is 1.84. The van der Waals surface area contributed by atoms with Gasteiger partial charge in [0, 0.05) is 0 Å². The molecule has 1 fully saturated rings. The predicted molar refractivity (Wildman–Crippen MR) is 64.7 cm³/mol. The molecule has 0 bridgehead atoms. The Morgan fingerprint density at radius 2 is 1.56 bits per heavy atom. The van der Waals surface area contributed by atoms with Gasteiger partial charge in [-0.3, -0.25) is 0 Å². The fraction of sp³-hybridized carbons (Fsp3) is 1.00. The maximum Gasteiger partial charge on any atom is 0.0707 e.